The van der Waals surface area contributed by atoms with Gasteiger partial charge < -0.3 is 10.1 Å². The molecule has 0 fully saturated rings. The van der Waals surface area contributed by atoms with Crippen molar-refractivity contribution in [2.75, 3.05) is 11.9 Å². The van der Waals surface area contributed by atoms with E-state index in [4.69, 9.17) is 20.9 Å². The molecule has 0 saturated carbocycles. The van der Waals surface area contributed by atoms with E-state index < -0.39 is 16.0 Å². The van der Waals surface area contributed by atoms with Gasteiger partial charge in [0.2, 0.25) is 0 Å². The third-order valence-corrected chi connectivity index (χ3v) is 4.03. The molecule has 8 heteroatoms. The highest BCUT2D eigenvalue weighted by Crippen LogP contribution is 2.21. The lowest BCUT2D eigenvalue weighted by molar-refractivity contribution is -0.118. The number of ether oxygens (including phenoxy) is 1. The number of aryl methyl sites for hydroxylation is 1. The van der Waals surface area contributed by atoms with Gasteiger partial charge in [0.25, 0.3) is 16.0 Å². The highest BCUT2D eigenvalue weighted by atomic mass is 35.5. The first kappa shape index (κ1) is 17.3. The molecule has 2 aromatic rings. The Hall–Kier alpha value is -2.09. The number of amides is 1. The average molecular weight is 356 g/mol. The molecule has 2 rings (SSSR count). The van der Waals surface area contributed by atoms with Gasteiger partial charge in [0.1, 0.15) is 5.75 Å². The molecule has 0 atom stereocenters. The summed E-state index contributed by atoms with van der Waals surface area (Å²) in [6, 6.07) is 10.2. The SMILES string of the molecule is Cc1cc(Cl)ccc1OCC(=O)Nc1ccc(S(=O)(=O)O)cc1. The van der Waals surface area contributed by atoms with Crippen LogP contribution in [0.25, 0.3) is 0 Å². The van der Waals surface area contributed by atoms with Gasteiger partial charge >= 0.3 is 0 Å². The summed E-state index contributed by atoms with van der Waals surface area (Å²) < 4.78 is 36.1. The molecule has 0 spiro atoms. The van der Waals surface area contributed by atoms with E-state index in [-0.39, 0.29) is 11.5 Å². The summed E-state index contributed by atoms with van der Waals surface area (Å²) in [6.07, 6.45) is 0. The molecule has 122 valence electrons. The maximum absolute atomic E-state index is 11.8. The van der Waals surface area contributed by atoms with Crippen molar-refractivity contribution in [2.24, 2.45) is 0 Å². The second kappa shape index (κ2) is 6.99. The number of rotatable bonds is 5. The second-order valence-electron chi connectivity index (χ2n) is 4.75. The van der Waals surface area contributed by atoms with Crippen molar-refractivity contribution in [2.45, 2.75) is 11.8 Å². The second-order valence-corrected chi connectivity index (χ2v) is 6.60. The Morgan fingerprint density at radius 1 is 1.22 bits per heavy atom. The Bertz CT molecular complexity index is 818. The number of hydrogen-bond acceptors (Lipinski definition) is 4. The van der Waals surface area contributed by atoms with Gasteiger partial charge in [0.15, 0.2) is 6.61 Å². The van der Waals surface area contributed by atoms with Crippen LogP contribution in [0.2, 0.25) is 5.02 Å². The topological polar surface area (TPSA) is 92.7 Å². The van der Waals surface area contributed by atoms with Crippen LogP contribution in [0, 0.1) is 6.92 Å². The summed E-state index contributed by atoms with van der Waals surface area (Å²) in [7, 11) is -4.25. The van der Waals surface area contributed by atoms with Crippen LogP contribution in [-0.4, -0.2) is 25.5 Å². The van der Waals surface area contributed by atoms with Gasteiger partial charge in [-0.05, 0) is 55.0 Å². The monoisotopic (exact) mass is 355 g/mol. The predicted molar refractivity (Wildman–Crippen MR) is 86.6 cm³/mol. The molecule has 0 heterocycles. The Kier molecular flexibility index (Phi) is 5.25. The van der Waals surface area contributed by atoms with Crippen LogP contribution in [0.4, 0.5) is 5.69 Å². The predicted octanol–water partition coefficient (Wildman–Crippen LogP) is 2.91. The van der Waals surface area contributed by atoms with E-state index in [1.54, 1.807) is 18.2 Å². The molecule has 0 bridgehead atoms. The van der Waals surface area contributed by atoms with Gasteiger partial charge in [0, 0.05) is 10.7 Å². The number of hydrogen-bond donors (Lipinski definition) is 2. The van der Waals surface area contributed by atoms with Crippen LogP contribution in [0.3, 0.4) is 0 Å². The fraction of sp³-hybridized carbons (Fsp3) is 0.133. The lowest BCUT2D eigenvalue weighted by Crippen LogP contribution is -2.20. The van der Waals surface area contributed by atoms with E-state index in [1.165, 1.54) is 24.3 Å². The van der Waals surface area contributed by atoms with E-state index in [0.29, 0.717) is 16.5 Å². The molecule has 0 aromatic heterocycles. The van der Waals surface area contributed by atoms with Crippen LogP contribution < -0.4 is 10.1 Å². The van der Waals surface area contributed by atoms with Gasteiger partial charge in [-0.15, -0.1) is 0 Å². The highest BCUT2D eigenvalue weighted by Gasteiger charge is 2.10. The van der Waals surface area contributed by atoms with Crippen LogP contribution >= 0.6 is 11.6 Å². The van der Waals surface area contributed by atoms with Crippen molar-refractivity contribution in [3.63, 3.8) is 0 Å². The van der Waals surface area contributed by atoms with Crippen LogP contribution in [-0.2, 0) is 14.9 Å². The number of carbonyl (C=O) groups is 1. The van der Waals surface area contributed by atoms with Gasteiger partial charge in [-0.2, -0.15) is 8.42 Å². The minimum Gasteiger partial charge on any atom is -0.483 e. The summed E-state index contributed by atoms with van der Waals surface area (Å²) in [5.41, 5.74) is 1.20. The molecule has 0 unspecified atom stereocenters. The lowest BCUT2D eigenvalue weighted by Gasteiger charge is -2.10. The fourth-order valence-electron chi connectivity index (χ4n) is 1.83. The van der Waals surface area contributed by atoms with E-state index in [0.717, 1.165) is 5.56 Å². The van der Waals surface area contributed by atoms with Crippen molar-refractivity contribution in [1.82, 2.24) is 0 Å². The molecular weight excluding hydrogens is 342 g/mol. The summed E-state index contributed by atoms with van der Waals surface area (Å²) in [6.45, 7) is 1.61. The van der Waals surface area contributed by atoms with Gasteiger partial charge in [-0.3, -0.25) is 9.35 Å². The third-order valence-electron chi connectivity index (χ3n) is 2.93. The maximum Gasteiger partial charge on any atom is 0.294 e. The quantitative estimate of drug-likeness (QED) is 0.804. The number of nitrogens with one attached hydrogen (secondary N) is 1. The van der Waals surface area contributed by atoms with Gasteiger partial charge in [-0.1, -0.05) is 11.6 Å². The molecule has 1 amide bonds. The Morgan fingerprint density at radius 2 is 1.87 bits per heavy atom. The van der Waals surface area contributed by atoms with Crippen molar-refractivity contribution < 1.29 is 22.5 Å². The third kappa shape index (κ3) is 4.95. The first-order chi connectivity index (χ1) is 10.8. The average Bonchev–Trinajstić information content (AvgIpc) is 2.46. The molecule has 0 aliphatic carbocycles. The normalized spacial score (nSPS) is 11.1. The first-order valence-corrected chi connectivity index (χ1v) is 8.34. The van der Waals surface area contributed by atoms with Gasteiger partial charge in [0.05, 0.1) is 4.90 Å². The molecule has 0 radical (unpaired) electrons. The molecular formula is C15H14ClNO5S. The first-order valence-electron chi connectivity index (χ1n) is 6.52. The molecule has 0 saturated heterocycles. The summed E-state index contributed by atoms with van der Waals surface area (Å²) >= 11 is 5.84. The van der Waals surface area contributed by atoms with Crippen molar-refractivity contribution >= 4 is 33.3 Å². The van der Waals surface area contributed by atoms with Crippen LogP contribution in [0.15, 0.2) is 47.4 Å². The molecule has 6 nitrogen and oxygen atoms in total. The molecule has 0 aliphatic rings. The van der Waals surface area contributed by atoms with Crippen molar-refractivity contribution in [3.05, 3.63) is 53.1 Å². The molecule has 2 aromatic carbocycles. The number of benzene rings is 2. The number of carbonyl (C=O) groups excluding carboxylic acids is 1. The van der Waals surface area contributed by atoms with Crippen molar-refractivity contribution in [1.29, 1.82) is 0 Å². The maximum atomic E-state index is 11.8. The Balaban J connectivity index is 1.94. The Morgan fingerprint density at radius 3 is 2.43 bits per heavy atom. The lowest BCUT2D eigenvalue weighted by atomic mass is 10.2. The minimum absolute atomic E-state index is 0.206. The highest BCUT2D eigenvalue weighted by molar-refractivity contribution is 7.85. The summed E-state index contributed by atoms with van der Waals surface area (Å²) in [5, 5.41) is 3.14. The zero-order valence-electron chi connectivity index (χ0n) is 12.1. The zero-order chi connectivity index (χ0) is 17.0. The van der Waals surface area contributed by atoms with Crippen LogP contribution in [0.1, 0.15) is 5.56 Å². The van der Waals surface area contributed by atoms with E-state index >= 15 is 0 Å². The summed E-state index contributed by atoms with van der Waals surface area (Å²) in [4.78, 5) is 11.6. The van der Waals surface area contributed by atoms with E-state index in [9.17, 15) is 13.2 Å². The smallest absolute Gasteiger partial charge is 0.294 e. The summed E-state index contributed by atoms with van der Waals surface area (Å²) in [5.74, 6) is 0.144. The van der Waals surface area contributed by atoms with E-state index in [1.807, 2.05) is 6.92 Å². The molecule has 2 N–H and O–H groups in total. The van der Waals surface area contributed by atoms with Crippen molar-refractivity contribution in [3.8, 4) is 5.75 Å². The minimum atomic E-state index is -4.25. The standard InChI is InChI=1S/C15H14ClNO5S/c1-10-8-11(16)2-7-14(10)22-9-15(18)17-12-3-5-13(6-4-12)23(19,20)21/h2-8H,9H2,1H3,(H,17,18)(H,19,20,21). The largest absolute Gasteiger partial charge is 0.483 e. The fourth-order valence-corrected chi connectivity index (χ4v) is 2.53. The Labute approximate surface area is 138 Å². The van der Waals surface area contributed by atoms with Gasteiger partial charge in [-0.25, -0.2) is 0 Å². The molecule has 23 heavy (non-hydrogen) atoms. The number of halogens is 1. The van der Waals surface area contributed by atoms with Crippen LogP contribution in [0.5, 0.6) is 5.75 Å². The molecule has 0 aliphatic heterocycles. The van der Waals surface area contributed by atoms with E-state index in [2.05, 4.69) is 5.32 Å². The number of anilines is 1. The zero-order valence-corrected chi connectivity index (χ0v) is 13.7.